The summed E-state index contributed by atoms with van der Waals surface area (Å²) in [6.45, 7) is 2.20. The molecule has 49 valence electrons. The van der Waals surface area contributed by atoms with Crippen LogP contribution in [0.4, 0.5) is 0 Å². The Hall–Kier alpha value is -0.370. The third-order valence-corrected chi connectivity index (χ3v) is 1.98. The van der Waals surface area contributed by atoms with Crippen molar-refractivity contribution >= 4 is 11.3 Å². The van der Waals surface area contributed by atoms with Gasteiger partial charge in [-0.15, -0.1) is 11.3 Å². The van der Waals surface area contributed by atoms with Crippen molar-refractivity contribution in [1.29, 1.82) is 0 Å². The van der Waals surface area contributed by atoms with Crippen LogP contribution in [0.15, 0.2) is 6.20 Å². The van der Waals surface area contributed by atoms with Crippen LogP contribution in [0, 0.1) is 5.51 Å². The van der Waals surface area contributed by atoms with E-state index in [0.29, 0.717) is 0 Å². The minimum absolute atomic E-state index is 1.18. The predicted molar refractivity (Wildman–Crippen MR) is 39.6 cm³/mol. The summed E-state index contributed by atoms with van der Waals surface area (Å²) in [7, 11) is 0. The first-order chi connectivity index (χ1) is 4.43. The van der Waals surface area contributed by atoms with Gasteiger partial charge in [0.15, 0.2) is 5.51 Å². The van der Waals surface area contributed by atoms with Crippen LogP contribution in [0.2, 0.25) is 0 Å². The molecule has 1 rings (SSSR count). The molecule has 0 aliphatic rings. The summed E-state index contributed by atoms with van der Waals surface area (Å²) in [5.74, 6) is 0. The fraction of sp³-hybridized carbons (Fsp3) is 0.571. The molecule has 0 amide bonds. The highest BCUT2D eigenvalue weighted by Crippen LogP contribution is 2.08. The van der Waals surface area contributed by atoms with Gasteiger partial charge in [-0.05, 0) is 12.8 Å². The summed E-state index contributed by atoms with van der Waals surface area (Å²) in [4.78, 5) is 5.23. The second kappa shape index (κ2) is 3.62. The number of hydrogen-bond donors (Lipinski definition) is 0. The van der Waals surface area contributed by atoms with Crippen LogP contribution < -0.4 is 0 Å². The van der Waals surface area contributed by atoms with E-state index in [1.165, 1.54) is 24.1 Å². The lowest BCUT2D eigenvalue weighted by Crippen LogP contribution is -1.76. The molecule has 0 bridgehead atoms. The fourth-order valence-electron chi connectivity index (χ4n) is 0.676. The number of nitrogens with zero attached hydrogens (tertiary/aromatic N) is 1. The molecule has 0 spiro atoms. The predicted octanol–water partition coefficient (Wildman–Crippen LogP) is 2.29. The van der Waals surface area contributed by atoms with Crippen molar-refractivity contribution in [2.24, 2.45) is 0 Å². The number of thiazole rings is 1. The molecule has 0 fully saturated rings. The smallest absolute Gasteiger partial charge is 0.152 e. The summed E-state index contributed by atoms with van der Waals surface area (Å²) in [5.41, 5.74) is 2.83. The lowest BCUT2D eigenvalue weighted by Gasteiger charge is -1.89. The second-order valence-corrected chi connectivity index (χ2v) is 2.93. The Balaban J connectivity index is 2.30. The van der Waals surface area contributed by atoms with Gasteiger partial charge in [-0.25, -0.2) is 4.98 Å². The molecule has 1 aromatic heterocycles. The SMILES string of the molecule is CCCCc1cn[c]s1. The Labute approximate surface area is 59.8 Å². The quantitative estimate of drug-likeness (QED) is 0.627. The standard InChI is InChI=1S/C7H10NS/c1-2-3-4-7-5-8-6-9-7/h5H,2-4H2,1H3. The van der Waals surface area contributed by atoms with E-state index >= 15 is 0 Å². The Kier molecular flexibility index (Phi) is 2.71. The van der Waals surface area contributed by atoms with Gasteiger partial charge < -0.3 is 0 Å². The van der Waals surface area contributed by atoms with Crippen molar-refractivity contribution in [2.45, 2.75) is 26.2 Å². The number of hydrogen-bond acceptors (Lipinski definition) is 2. The molecule has 0 saturated carbocycles. The Morgan fingerprint density at radius 2 is 2.67 bits per heavy atom. The first-order valence-corrected chi connectivity index (χ1v) is 4.06. The van der Waals surface area contributed by atoms with Gasteiger partial charge in [-0.3, -0.25) is 0 Å². The molecular weight excluding hydrogens is 130 g/mol. The van der Waals surface area contributed by atoms with E-state index in [1.54, 1.807) is 11.3 Å². The third-order valence-electron chi connectivity index (χ3n) is 1.21. The molecule has 1 aromatic rings. The van der Waals surface area contributed by atoms with Crippen LogP contribution in [0.1, 0.15) is 24.6 Å². The van der Waals surface area contributed by atoms with Crippen LogP contribution in [-0.4, -0.2) is 4.98 Å². The van der Waals surface area contributed by atoms with E-state index in [1.807, 2.05) is 6.20 Å². The average molecular weight is 140 g/mol. The van der Waals surface area contributed by atoms with Gasteiger partial charge in [0.2, 0.25) is 0 Å². The van der Waals surface area contributed by atoms with E-state index in [0.717, 1.165) is 0 Å². The molecule has 0 unspecified atom stereocenters. The van der Waals surface area contributed by atoms with Crippen molar-refractivity contribution in [3.63, 3.8) is 0 Å². The lowest BCUT2D eigenvalue weighted by atomic mass is 10.2. The zero-order valence-corrected chi connectivity index (χ0v) is 6.37. The zero-order chi connectivity index (χ0) is 6.53. The summed E-state index contributed by atoms with van der Waals surface area (Å²) in [6.07, 6.45) is 5.62. The highest BCUT2D eigenvalue weighted by Gasteiger charge is 1.91. The van der Waals surface area contributed by atoms with Crippen molar-refractivity contribution < 1.29 is 0 Å². The number of aryl methyl sites for hydroxylation is 1. The first kappa shape index (κ1) is 6.75. The third kappa shape index (κ3) is 2.14. The average Bonchev–Trinajstić information content (AvgIpc) is 2.34. The molecule has 2 heteroatoms. The Bertz CT molecular complexity index is 146. The minimum atomic E-state index is 1.18. The molecule has 0 atom stereocenters. The maximum Gasteiger partial charge on any atom is 0.152 e. The normalized spacial score (nSPS) is 9.89. The van der Waals surface area contributed by atoms with Crippen LogP contribution >= 0.6 is 11.3 Å². The van der Waals surface area contributed by atoms with E-state index in [2.05, 4.69) is 17.4 Å². The number of unbranched alkanes of at least 4 members (excludes halogenated alkanes) is 1. The lowest BCUT2D eigenvalue weighted by molar-refractivity contribution is 0.803. The van der Waals surface area contributed by atoms with E-state index in [9.17, 15) is 0 Å². The van der Waals surface area contributed by atoms with E-state index in [-0.39, 0.29) is 0 Å². The van der Waals surface area contributed by atoms with Crippen molar-refractivity contribution in [3.8, 4) is 0 Å². The maximum atomic E-state index is 3.87. The highest BCUT2D eigenvalue weighted by atomic mass is 32.1. The van der Waals surface area contributed by atoms with Crippen molar-refractivity contribution in [1.82, 2.24) is 4.98 Å². The topological polar surface area (TPSA) is 12.9 Å². The highest BCUT2D eigenvalue weighted by molar-refractivity contribution is 7.09. The summed E-state index contributed by atoms with van der Waals surface area (Å²) >= 11 is 1.63. The Morgan fingerprint density at radius 1 is 1.78 bits per heavy atom. The van der Waals surface area contributed by atoms with E-state index < -0.39 is 0 Å². The molecule has 0 N–H and O–H groups in total. The van der Waals surface area contributed by atoms with Crippen LogP contribution in [-0.2, 0) is 6.42 Å². The van der Waals surface area contributed by atoms with Gasteiger partial charge in [0, 0.05) is 11.1 Å². The molecule has 1 heterocycles. The molecule has 0 aromatic carbocycles. The van der Waals surface area contributed by atoms with Crippen LogP contribution in [0.25, 0.3) is 0 Å². The van der Waals surface area contributed by atoms with Gasteiger partial charge in [-0.1, -0.05) is 13.3 Å². The van der Waals surface area contributed by atoms with Crippen molar-refractivity contribution in [2.75, 3.05) is 0 Å². The first-order valence-electron chi connectivity index (χ1n) is 3.24. The second-order valence-electron chi connectivity index (χ2n) is 2.02. The Morgan fingerprint density at radius 3 is 3.22 bits per heavy atom. The fourth-order valence-corrected chi connectivity index (χ4v) is 1.25. The van der Waals surface area contributed by atoms with Gasteiger partial charge in [0.05, 0.1) is 0 Å². The molecule has 0 aliphatic heterocycles. The van der Waals surface area contributed by atoms with E-state index in [4.69, 9.17) is 0 Å². The van der Waals surface area contributed by atoms with Gasteiger partial charge in [0.25, 0.3) is 0 Å². The van der Waals surface area contributed by atoms with Crippen molar-refractivity contribution in [3.05, 3.63) is 16.6 Å². The van der Waals surface area contributed by atoms with Gasteiger partial charge >= 0.3 is 0 Å². The van der Waals surface area contributed by atoms with Crippen LogP contribution in [0.3, 0.4) is 0 Å². The van der Waals surface area contributed by atoms with Gasteiger partial charge in [-0.2, -0.15) is 0 Å². The minimum Gasteiger partial charge on any atom is -0.242 e. The molecule has 1 nitrogen and oxygen atoms in total. The molecule has 0 aliphatic carbocycles. The monoisotopic (exact) mass is 140 g/mol. The maximum absolute atomic E-state index is 3.87. The number of aromatic nitrogens is 1. The van der Waals surface area contributed by atoms with Gasteiger partial charge in [0.1, 0.15) is 0 Å². The molecule has 0 saturated heterocycles. The zero-order valence-electron chi connectivity index (χ0n) is 5.55. The molecule has 9 heavy (non-hydrogen) atoms. The molecule has 1 radical (unpaired) electrons. The summed E-state index contributed by atoms with van der Waals surface area (Å²) in [5, 5.41) is 0. The largest absolute Gasteiger partial charge is 0.242 e. The number of rotatable bonds is 3. The summed E-state index contributed by atoms with van der Waals surface area (Å²) in [6, 6.07) is 0. The van der Waals surface area contributed by atoms with Crippen LogP contribution in [0.5, 0.6) is 0 Å². The molecular formula is C7H10NS. The summed E-state index contributed by atoms with van der Waals surface area (Å²) < 4.78 is 0.